The van der Waals surface area contributed by atoms with E-state index in [1.54, 1.807) is 18.9 Å². The minimum absolute atomic E-state index is 0.0581. The van der Waals surface area contributed by atoms with Gasteiger partial charge in [0.2, 0.25) is 11.8 Å². The number of nitrogens with zero attached hydrogens (tertiary/aromatic N) is 2. The third kappa shape index (κ3) is 3.18. The van der Waals surface area contributed by atoms with Crippen LogP contribution in [0.4, 0.5) is 0 Å². The molecule has 0 bridgehead atoms. The Bertz CT molecular complexity index is 329. The van der Waals surface area contributed by atoms with E-state index < -0.39 is 12.0 Å². The van der Waals surface area contributed by atoms with Crippen LogP contribution in [0.1, 0.15) is 19.8 Å². The van der Waals surface area contributed by atoms with E-state index in [9.17, 15) is 14.4 Å². The number of amides is 2. The molecule has 1 saturated heterocycles. The van der Waals surface area contributed by atoms with E-state index in [4.69, 9.17) is 0 Å². The molecule has 0 spiro atoms. The first-order valence-electron chi connectivity index (χ1n) is 5.58. The molecule has 2 amide bonds. The van der Waals surface area contributed by atoms with Crippen molar-refractivity contribution in [2.45, 2.75) is 25.8 Å². The first-order chi connectivity index (χ1) is 7.97. The summed E-state index contributed by atoms with van der Waals surface area (Å²) in [5.41, 5.74) is 0. The van der Waals surface area contributed by atoms with E-state index in [1.165, 1.54) is 12.0 Å². The van der Waals surface area contributed by atoms with Crippen LogP contribution in [0.2, 0.25) is 0 Å². The van der Waals surface area contributed by atoms with Crippen LogP contribution in [0.3, 0.4) is 0 Å². The van der Waals surface area contributed by atoms with Crippen molar-refractivity contribution >= 4 is 17.8 Å². The number of methoxy groups -OCH3 is 1. The van der Waals surface area contributed by atoms with Crippen molar-refractivity contribution < 1.29 is 19.1 Å². The number of hydrogen-bond donors (Lipinski definition) is 0. The van der Waals surface area contributed by atoms with Crippen LogP contribution in [0.25, 0.3) is 0 Å². The maximum Gasteiger partial charge on any atom is 0.306 e. The Morgan fingerprint density at radius 3 is 2.59 bits per heavy atom. The number of piperazine rings is 1. The lowest BCUT2D eigenvalue weighted by Crippen LogP contribution is -2.56. The highest BCUT2D eigenvalue weighted by Gasteiger charge is 2.32. The van der Waals surface area contributed by atoms with Crippen molar-refractivity contribution in [1.29, 1.82) is 0 Å². The van der Waals surface area contributed by atoms with Crippen molar-refractivity contribution in [3.8, 4) is 0 Å². The van der Waals surface area contributed by atoms with Crippen LogP contribution < -0.4 is 0 Å². The summed E-state index contributed by atoms with van der Waals surface area (Å²) >= 11 is 0. The van der Waals surface area contributed by atoms with Gasteiger partial charge >= 0.3 is 5.97 Å². The third-order valence-corrected chi connectivity index (χ3v) is 2.97. The Labute approximate surface area is 101 Å². The smallest absolute Gasteiger partial charge is 0.306 e. The molecule has 96 valence electrons. The van der Waals surface area contributed by atoms with Crippen molar-refractivity contribution in [3.63, 3.8) is 0 Å². The molecule has 1 rings (SSSR count). The zero-order valence-electron chi connectivity index (χ0n) is 10.4. The summed E-state index contributed by atoms with van der Waals surface area (Å²) in [4.78, 5) is 37.6. The summed E-state index contributed by atoms with van der Waals surface area (Å²) in [6, 6.07) is -0.445. The predicted octanol–water partition coefficient (Wildman–Crippen LogP) is -0.371. The number of ether oxygens (including phenoxy) is 1. The molecule has 0 aromatic heterocycles. The van der Waals surface area contributed by atoms with Gasteiger partial charge in [0.1, 0.15) is 6.04 Å². The minimum atomic E-state index is -0.445. The van der Waals surface area contributed by atoms with Gasteiger partial charge in [-0.3, -0.25) is 14.4 Å². The fraction of sp³-hybridized carbons (Fsp3) is 0.727. The minimum Gasteiger partial charge on any atom is -0.469 e. The third-order valence-electron chi connectivity index (χ3n) is 2.97. The molecular formula is C11H18N2O4. The molecule has 0 aromatic carbocycles. The van der Waals surface area contributed by atoms with Crippen molar-refractivity contribution in [2.75, 3.05) is 27.2 Å². The molecule has 1 aliphatic heterocycles. The van der Waals surface area contributed by atoms with Crippen molar-refractivity contribution in [3.05, 3.63) is 0 Å². The monoisotopic (exact) mass is 242 g/mol. The Balaban J connectivity index is 2.52. The lowest BCUT2D eigenvalue weighted by atomic mass is 10.1. The summed E-state index contributed by atoms with van der Waals surface area (Å²) in [5.74, 6) is -0.654. The summed E-state index contributed by atoms with van der Waals surface area (Å²) in [5, 5.41) is 0. The number of esters is 1. The average molecular weight is 242 g/mol. The Morgan fingerprint density at radius 2 is 2.00 bits per heavy atom. The number of rotatable bonds is 3. The molecule has 0 aliphatic carbocycles. The molecule has 6 nitrogen and oxygen atoms in total. The molecule has 1 heterocycles. The fourth-order valence-electron chi connectivity index (χ4n) is 1.81. The molecule has 1 aliphatic rings. The van der Waals surface area contributed by atoms with Gasteiger partial charge < -0.3 is 14.5 Å². The second-order valence-electron chi connectivity index (χ2n) is 4.10. The Kier molecular flexibility index (Phi) is 4.48. The Morgan fingerprint density at radius 1 is 1.35 bits per heavy atom. The van der Waals surface area contributed by atoms with Gasteiger partial charge in [0.25, 0.3) is 0 Å². The van der Waals surface area contributed by atoms with Gasteiger partial charge in [-0.15, -0.1) is 0 Å². The first kappa shape index (κ1) is 13.5. The maximum absolute atomic E-state index is 11.8. The van der Waals surface area contributed by atoms with Crippen molar-refractivity contribution in [2.24, 2.45) is 0 Å². The fourth-order valence-corrected chi connectivity index (χ4v) is 1.81. The second kappa shape index (κ2) is 5.65. The van der Waals surface area contributed by atoms with Crippen LogP contribution in [0.5, 0.6) is 0 Å². The summed E-state index contributed by atoms with van der Waals surface area (Å²) < 4.78 is 4.47. The lowest BCUT2D eigenvalue weighted by molar-refractivity contribution is -0.150. The van der Waals surface area contributed by atoms with E-state index in [2.05, 4.69) is 4.74 Å². The standard InChI is InChI=1S/C11H18N2O4/c1-8-11(16)12(2)6-7-13(8)9(14)4-5-10(15)17-3/h8H,4-7H2,1-3H3. The van der Waals surface area contributed by atoms with Gasteiger partial charge in [0.05, 0.1) is 13.5 Å². The topological polar surface area (TPSA) is 66.9 Å². The van der Waals surface area contributed by atoms with Crippen LogP contribution in [0, 0.1) is 0 Å². The molecule has 0 aromatic rings. The molecule has 1 unspecified atom stereocenters. The predicted molar refractivity (Wildman–Crippen MR) is 60.1 cm³/mol. The van der Waals surface area contributed by atoms with Crippen LogP contribution >= 0.6 is 0 Å². The van der Waals surface area contributed by atoms with Gasteiger partial charge in [0.15, 0.2) is 0 Å². The van der Waals surface area contributed by atoms with Gasteiger partial charge in [0, 0.05) is 26.6 Å². The molecule has 0 N–H and O–H groups in total. The number of hydrogen-bond acceptors (Lipinski definition) is 4. The highest BCUT2D eigenvalue weighted by Crippen LogP contribution is 2.12. The van der Waals surface area contributed by atoms with E-state index in [1.807, 2.05) is 0 Å². The quantitative estimate of drug-likeness (QED) is 0.633. The first-order valence-corrected chi connectivity index (χ1v) is 5.58. The van der Waals surface area contributed by atoms with E-state index in [0.29, 0.717) is 13.1 Å². The SMILES string of the molecule is COC(=O)CCC(=O)N1CCN(C)C(=O)C1C. The highest BCUT2D eigenvalue weighted by molar-refractivity contribution is 5.89. The number of carbonyl (C=O) groups is 3. The molecule has 17 heavy (non-hydrogen) atoms. The molecule has 0 radical (unpaired) electrons. The van der Waals surface area contributed by atoms with Gasteiger partial charge in [-0.05, 0) is 6.92 Å². The number of likely N-dealkylation sites (N-methyl/N-ethyl adjacent to an activating group) is 1. The number of carbonyl (C=O) groups excluding carboxylic acids is 3. The molecule has 0 saturated carbocycles. The van der Waals surface area contributed by atoms with E-state index >= 15 is 0 Å². The van der Waals surface area contributed by atoms with Gasteiger partial charge in [-0.2, -0.15) is 0 Å². The van der Waals surface area contributed by atoms with Gasteiger partial charge in [-0.1, -0.05) is 0 Å². The molecule has 1 fully saturated rings. The summed E-state index contributed by atoms with van der Waals surface area (Å²) in [7, 11) is 3.00. The van der Waals surface area contributed by atoms with Gasteiger partial charge in [-0.25, -0.2) is 0 Å². The second-order valence-corrected chi connectivity index (χ2v) is 4.10. The van der Waals surface area contributed by atoms with Crippen LogP contribution in [-0.4, -0.2) is 60.9 Å². The van der Waals surface area contributed by atoms with E-state index in [0.717, 1.165) is 0 Å². The van der Waals surface area contributed by atoms with Crippen molar-refractivity contribution in [1.82, 2.24) is 9.80 Å². The molecular weight excluding hydrogens is 224 g/mol. The summed E-state index contributed by atoms with van der Waals surface area (Å²) in [6.07, 6.45) is 0.149. The normalized spacial score (nSPS) is 20.4. The zero-order chi connectivity index (χ0) is 13.0. The largest absolute Gasteiger partial charge is 0.469 e. The van der Waals surface area contributed by atoms with Crippen LogP contribution in [-0.2, 0) is 19.1 Å². The average Bonchev–Trinajstić information content (AvgIpc) is 2.32. The lowest BCUT2D eigenvalue weighted by Gasteiger charge is -2.37. The van der Waals surface area contributed by atoms with Crippen LogP contribution in [0.15, 0.2) is 0 Å². The highest BCUT2D eigenvalue weighted by atomic mass is 16.5. The molecule has 1 atom stereocenters. The molecule has 6 heteroatoms. The zero-order valence-corrected chi connectivity index (χ0v) is 10.4. The maximum atomic E-state index is 11.8. The summed E-state index contributed by atoms with van der Waals surface area (Å²) in [6.45, 7) is 2.75. The Hall–Kier alpha value is -1.59. The van der Waals surface area contributed by atoms with E-state index in [-0.39, 0.29) is 24.7 Å².